The maximum Gasteiger partial charge on any atom is 0.293 e. The first kappa shape index (κ1) is 12.7. The predicted molar refractivity (Wildman–Crippen MR) is 75.4 cm³/mol. The van der Waals surface area contributed by atoms with Crippen molar-refractivity contribution in [1.29, 1.82) is 0 Å². The molecule has 2 aliphatic rings. The third kappa shape index (κ3) is 2.52. The summed E-state index contributed by atoms with van der Waals surface area (Å²) >= 11 is 0. The molecule has 2 fully saturated rings. The van der Waals surface area contributed by atoms with Crippen molar-refractivity contribution >= 4 is 5.82 Å². The van der Waals surface area contributed by atoms with Gasteiger partial charge in [0.25, 0.3) is 5.56 Å². The van der Waals surface area contributed by atoms with Gasteiger partial charge in [-0.25, -0.2) is 4.98 Å². The summed E-state index contributed by atoms with van der Waals surface area (Å²) in [6.45, 7) is 1.50. The van der Waals surface area contributed by atoms with E-state index in [1.807, 2.05) is 10.8 Å². The molecule has 0 amide bonds. The third-order valence-electron chi connectivity index (χ3n) is 4.18. The third-order valence-corrected chi connectivity index (χ3v) is 4.18. The molecule has 1 heterocycles. The van der Waals surface area contributed by atoms with Crippen molar-refractivity contribution in [1.82, 2.24) is 9.55 Å². The van der Waals surface area contributed by atoms with Crippen molar-refractivity contribution in [2.45, 2.75) is 50.6 Å². The molecule has 1 aromatic rings. The van der Waals surface area contributed by atoms with Crippen LogP contribution >= 0.6 is 0 Å². The first-order chi connectivity index (χ1) is 9.31. The summed E-state index contributed by atoms with van der Waals surface area (Å²) in [5, 5.41) is 0. The smallest absolute Gasteiger partial charge is 0.293 e. The first-order valence-corrected chi connectivity index (χ1v) is 7.35. The number of aromatic nitrogens is 2. The van der Waals surface area contributed by atoms with Crippen LogP contribution in [0.4, 0.5) is 5.82 Å². The second-order valence-corrected chi connectivity index (χ2v) is 5.61. The lowest BCUT2D eigenvalue weighted by atomic mass is 9.91. The second-order valence-electron chi connectivity index (χ2n) is 5.61. The fourth-order valence-electron chi connectivity index (χ4n) is 2.67. The van der Waals surface area contributed by atoms with Gasteiger partial charge in [0, 0.05) is 31.0 Å². The van der Waals surface area contributed by atoms with Crippen LogP contribution in [0.5, 0.6) is 0 Å². The average molecular weight is 262 g/mol. The Morgan fingerprint density at radius 1 is 1.37 bits per heavy atom. The largest absolute Gasteiger partial charge is 0.349 e. The lowest BCUT2D eigenvalue weighted by Crippen LogP contribution is -2.45. The fourth-order valence-corrected chi connectivity index (χ4v) is 2.67. The van der Waals surface area contributed by atoms with Crippen molar-refractivity contribution in [3.05, 3.63) is 22.7 Å². The average Bonchev–Trinajstić information content (AvgIpc) is 3.17. The fraction of sp³-hybridized carbons (Fsp3) is 0.714. The summed E-state index contributed by atoms with van der Waals surface area (Å²) in [4.78, 5) is 19.1. The minimum atomic E-state index is 0.0777. The molecule has 5 heteroatoms. The Balaban J connectivity index is 1.88. The molecule has 2 saturated carbocycles. The molecule has 0 radical (unpaired) electrons. The van der Waals surface area contributed by atoms with Crippen LogP contribution < -0.4 is 16.2 Å². The summed E-state index contributed by atoms with van der Waals surface area (Å²) in [5.74, 6) is 0.632. The molecule has 0 aromatic carbocycles. The lowest BCUT2D eigenvalue weighted by Gasteiger charge is -2.38. The Morgan fingerprint density at radius 3 is 2.74 bits per heavy atom. The highest BCUT2D eigenvalue weighted by Crippen LogP contribution is 2.34. The molecule has 19 heavy (non-hydrogen) atoms. The molecule has 2 aliphatic carbocycles. The van der Waals surface area contributed by atoms with E-state index in [1.165, 1.54) is 19.3 Å². The van der Waals surface area contributed by atoms with E-state index in [2.05, 4.69) is 9.88 Å². The minimum Gasteiger partial charge on any atom is -0.349 e. The molecule has 104 valence electrons. The standard InChI is InChI=1S/C14H22N4O/c15-7-2-9-17(11-3-1-4-11)13-14(19)18(10-8-16-13)12-5-6-12/h8,10-12H,1-7,9,15H2. The van der Waals surface area contributed by atoms with E-state index in [1.54, 1.807) is 6.20 Å². The number of anilines is 1. The molecular weight excluding hydrogens is 240 g/mol. The van der Waals surface area contributed by atoms with E-state index in [-0.39, 0.29) is 5.56 Å². The Morgan fingerprint density at radius 2 is 2.16 bits per heavy atom. The van der Waals surface area contributed by atoms with Crippen molar-refractivity contribution in [3.8, 4) is 0 Å². The van der Waals surface area contributed by atoms with Gasteiger partial charge < -0.3 is 15.2 Å². The lowest BCUT2D eigenvalue weighted by molar-refractivity contribution is 0.381. The van der Waals surface area contributed by atoms with Gasteiger partial charge in [0.05, 0.1) is 0 Å². The van der Waals surface area contributed by atoms with Crippen molar-refractivity contribution < 1.29 is 0 Å². The van der Waals surface area contributed by atoms with Crippen molar-refractivity contribution in [2.24, 2.45) is 5.73 Å². The number of nitrogens with zero attached hydrogens (tertiary/aromatic N) is 3. The van der Waals surface area contributed by atoms with Crippen molar-refractivity contribution in [3.63, 3.8) is 0 Å². The molecular formula is C14H22N4O. The van der Waals surface area contributed by atoms with Gasteiger partial charge in [-0.2, -0.15) is 0 Å². The van der Waals surface area contributed by atoms with E-state index in [4.69, 9.17) is 5.73 Å². The minimum absolute atomic E-state index is 0.0777. The van der Waals surface area contributed by atoms with Gasteiger partial charge in [-0.1, -0.05) is 0 Å². The number of hydrogen-bond acceptors (Lipinski definition) is 4. The molecule has 1 aromatic heterocycles. The Kier molecular flexibility index (Phi) is 3.55. The van der Waals surface area contributed by atoms with Crippen LogP contribution in [0.1, 0.15) is 44.6 Å². The molecule has 0 saturated heterocycles. The van der Waals surface area contributed by atoms with E-state index in [9.17, 15) is 4.79 Å². The van der Waals surface area contributed by atoms with Crippen molar-refractivity contribution in [2.75, 3.05) is 18.0 Å². The Hall–Kier alpha value is -1.36. The summed E-state index contributed by atoms with van der Waals surface area (Å²) < 4.78 is 1.86. The maximum atomic E-state index is 12.5. The molecule has 0 atom stereocenters. The molecule has 0 unspecified atom stereocenters. The maximum absolute atomic E-state index is 12.5. The van der Waals surface area contributed by atoms with Crippen LogP contribution in [0.25, 0.3) is 0 Å². The molecule has 0 spiro atoms. The number of rotatable bonds is 6. The van der Waals surface area contributed by atoms with Gasteiger partial charge in [-0.3, -0.25) is 4.79 Å². The predicted octanol–water partition coefficient (Wildman–Crippen LogP) is 1.29. The second kappa shape index (κ2) is 5.33. The van der Waals surface area contributed by atoms with Gasteiger partial charge in [-0.15, -0.1) is 0 Å². The zero-order chi connectivity index (χ0) is 13.2. The van der Waals surface area contributed by atoms with Gasteiger partial charge >= 0.3 is 0 Å². The Labute approximate surface area is 113 Å². The van der Waals surface area contributed by atoms with Crippen LogP contribution in [0.15, 0.2) is 17.2 Å². The quantitative estimate of drug-likeness (QED) is 0.839. The van der Waals surface area contributed by atoms with E-state index >= 15 is 0 Å². The van der Waals surface area contributed by atoms with Crippen LogP contribution in [0, 0.1) is 0 Å². The van der Waals surface area contributed by atoms with Gasteiger partial charge in [0.2, 0.25) is 0 Å². The summed E-state index contributed by atoms with van der Waals surface area (Å²) in [6, 6.07) is 0.897. The highest BCUT2D eigenvalue weighted by molar-refractivity contribution is 5.38. The normalized spacial score (nSPS) is 19.2. The summed E-state index contributed by atoms with van der Waals surface area (Å²) in [6.07, 6.45) is 10.3. The molecule has 5 nitrogen and oxygen atoms in total. The first-order valence-electron chi connectivity index (χ1n) is 7.35. The molecule has 0 bridgehead atoms. The Bertz CT molecular complexity index is 490. The summed E-state index contributed by atoms with van der Waals surface area (Å²) in [7, 11) is 0. The van der Waals surface area contributed by atoms with E-state index in [0.717, 1.165) is 25.8 Å². The van der Waals surface area contributed by atoms with Crippen LogP contribution in [0.3, 0.4) is 0 Å². The van der Waals surface area contributed by atoms with Gasteiger partial charge in [-0.05, 0) is 45.1 Å². The SMILES string of the molecule is NCCCN(c1nccn(C2CC2)c1=O)C1CCC1. The van der Waals surface area contributed by atoms with Gasteiger partial charge in [0.15, 0.2) is 5.82 Å². The number of hydrogen-bond donors (Lipinski definition) is 1. The number of nitrogens with two attached hydrogens (primary N) is 1. The highest BCUT2D eigenvalue weighted by atomic mass is 16.1. The zero-order valence-electron chi connectivity index (χ0n) is 11.3. The molecule has 3 rings (SSSR count). The topological polar surface area (TPSA) is 64.2 Å². The monoisotopic (exact) mass is 262 g/mol. The highest BCUT2D eigenvalue weighted by Gasteiger charge is 2.30. The molecule has 2 N–H and O–H groups in total. The van der Waals surface area contributed by atoms with Crippen LogP contribution in [0.2, 0.25) is 0 Å². The van der Waals surface area contributed by atoms with Gasteiger partial charge in [0.1, 0.15) is 0 Å². The van der Waals surface area contributed by atoms with Crippen LogP contribution in [-0.2, 0) is 0 Å². The van der Waals surface area contributed by atoms with E-state index in [0.29, 0.717) is 24.4 Å². The van der Waals surface area contributed by atoms with E-state index < -0.39 is 0 Å². The summed E-state index contributed by atoms with van der Waals surface area (Å²) in [5.41, 5.74) is 5.69. The molecule has 0 aliphatic heterocycles. The van der Waals surface area contributed by atoms with Crippen LogP contribution in [-0.4, -0.2) is 28.7 Å². The zero-order valence-corrected chi connectivity index (χ0v) is 11.3.